The van der Waals surface area contributed by atoms with Crippen molar-refractivity contribution in [2.24, 2.45) is 5.92 Å². The molecule has 0 bridgehead atoms. The van der Waals surface area contributed by atoms with Crippen LogP contribution in [0.5, 0.6) is 0 Å². The predicted molar refractivity (Wildman–Crippen MR) is 87.2 cm³/mol. The summed E-state index contributed by atoms with van der Waals surface area (Å²) >= 11 is 2.07. The van der Waals surface area contributed by atoms with E-state index in [1.807, 2.05) is 12.1 Å². The van der Waals surface area contributed by atoms with E-state index in [9.17, 15) is 4.79 Å². The molecule has 1 saturated heterocycles. The van der Waals surface area contributed by atoms with Gasteiger partial charge in [-0.3, -0.25) is 4.79 Å². The average Bonchev–Trinajstić information content (AvgIpc) is 2.45. The molecule has 2 N–H and O–H groups in total. The summed E-state index contributed by atoms with van der Waals surface area (Å²) in [6, 6.07) is 8.40. The van der Waals surface area contributed by atoms with Gasteiger partial charge in [-0.05, 0) is 61.4 Å². The quantitative estimate of drug-likeness (QED) is 0.873. The van der Waals surface area contributed by atoms with Gasteiger partial charge in [-0.15, -0.1) is 0 Å². The summed E-state index contributed by atoms with van der Waals surface area (Å²) in [5, 5.41) is 6.46. The van der Waals surface area contributed by atoms with E-state index in [1.54, 1.807) is 0 Å². The number of anilines is 1. The molecule has 1 fully saturated rings. The largest absolute Gasteiger partial charge is 0.326 e. The monoisotopic (exact) mass is 292 g/mol. The first kappa shape index (κ1) is 15.4. The van der Waals surface area contributed by atoms with Gasteiger partial charge in [-0.25, -0.2) is 0 Å². The number of carbonyl (C=O) groups excluding carboxylic acids is 1. The molecule has 3 nitrogen and oxygen atoms in total. The SMILES string of the molecule is CC(=O)Nc1cccc(C(C)NCC2CCSCC2)c1. The van der Waals surface area contributed by atoms with E-state index < -0.39 is 0 Å². The zero-order chi connectivity index (χ0) is 14.4. The van der Waals surface area contributed by atoms with Gasteiger partial charge in [0.1, 0.15) is 0 Å². The van der Waals surface area contributed by atoms with Crippen LogP contribution in [-0.2, 0) is 4.79 Å². The average molecular weight is 292 g/mol. The van der Waals surface area contributed by atoms with Crippen LogP contribution >= 0.6 is 11.8 Å². The Kier molecular flexibility index (Phi) is 5.92. The van der Waals surface area contributed by atoms with Crippen LogP contribution in [-0.4, -0.2) is 24.0 Å². The van der Waals surface area contributed by atoms with Crippen molar-refractivity contribution in [3.05, 3.63) is 29.8 Å². The van der Waals surface area contributed by atoms with Crippen molar-refractivity contribution in [3.63, 3.8) is 0 Å². The Morgan fingerprint density at radius 2 is 2.15 bits per heavy atom. The minimum Gasteiger partial charge on any atom is -0.326 e. The van der Waals surface area contributed by atoms with Crippen LogP contribution in [0.4, 0.5) is 5.69 Å². The van der Waals surface area contributed by atoms with Gasteiger partial charge in [0.2, 0.25) is 5.91 Å². The van der Waals surface area contributed by atoms with Crippen molar-refractivity contribution in [1.82, 2.24) is 5.32 Å². The number of nitrogens with one attached hydrogen (secondary N) is 2. The first-order valence-corrected chi connectivity index (χ1v) is 8.49. The highest BCUT2D eigenvalue weighted by molar-refractivity contribution is 7.99. The zero-order valence-corrected chi connectivity index (χ0v) is 13.1. The van der Waals surface area contributed by atoms with Crippen molar-refractivity contribution < 1.29 is 4.79 Å². The molecule has 1 aromatic carbocycles. The van der Waals surface area contributed by atoms with Crippen LogP contribution in [0, 0.1) is 5.92 Å². The van der Waals surface area contributed by atoms with E-state index in [2.05, 4.69) is 41.5 Å². The first-order chi connectivity index (χ1) is 9.65. The topological polar surface area (TPSA) is 41.1 Å². The van der Waals surface area contributed by atoms with Gasteiger partial charge < -0.3 is 10.6 Å². The minimum absolute atomic E-state index is 0.0255. The van der Waals surface area contributed by atoms with Gasteiger partial charge in [0, 0.05) is 18.7 Å². The van der Waals surface area contributed by atoms with E-state index in [0.717, 1.165) is 18.2 Å². The maximum atomic E-state index is 11.1. The Morgan fingerprint density at radius 3 is 2.85 bits per heavy atom. The fourth-order valence-electron chi connectivity index (χ4n) is 2.50. The number of rotatable bonds is 5. The van der Waals surface area contributed by atoms with Crippen molar-refractivity contribution in [1.29, 1.82) is 0 Å². The highest BCUT2D eigenvalue weighted by Crippen LogP contribution is 2.23. The zero-order valence-electron chi connectivity index (χ0n) is 12.3. The molecule has 0 radical (unpaired) electrons. The van der Waals surface area contributed by atoms with Crippen LogP contribution in [0.1, 0.15) is 38.3 Å². The number of hydrogen-bond acceptors (Lipinski definition) is 3. The fourth-order valence-corrected chi connectivity index (χ4v) is 3.70. The second-order valence-electron chi connectivity index (χ2n) is 5.49. The Labute approximate surface area is 125 Å². The molecular formula is C16H24N2OS. The second kappa shape index (κ2) is 7.70. The van der Waals surface area contributed by atoms with Crippen LogP contribution in [0.25, 0.3) is 0 Å². The molecule has 1 unspecified atom stereocenters. The third-order valence-electron chi connectivity index (χ3n) is 3.76. The van der Waals surface area contributed by atoms with Gasteiger partial charge in [0.15, 0.2) is 0 Å². The van der Waals surface area contributed by atoms with Crippen molar-refractivity contribution in [3.8, 4) is 0 Å². The molecule has 2 rings (SSSR count). The molecule has 1 atom stereocenters. The van der Waals surface area contributed by atoms with Crippen molar-refractivity contribution >= 4 is 23.4 Å². The highest BCUT2D eigenvalue weighted by atomic mass is 32.2. The number of thioether (sulfide) groups is 1. The first-order valence-electron chi connectivity index (χ1n) is 7.34. The van der Waals surface area contributed by atoms with Gasteiger partial charge in [-0.1, -0.05) is 12.1 Å². The molecule has 1 aromatic rings. The Bertz CT molecular complexity index is 444. The van der Waals surface area contributed by atoms with Crippen molar-refractivity contribution in [2.45, 2.75) is 32.7 Å². The lowest BCUT2D eigenvalue weighted by atomic mass is 10.0. The van der Waals surface area contributed by atoms with E-state index in [1.165, 1.54) is 36.8 Å². The standard InChI is InChI=1S/C16H24N2OS/c1-12(17-11-14-6-8-20-9-7-14)15-4-3-5-16(10-15)18-13(2)19/h3-5,10,12,14,17H,6-9,11H2,1-2H3,(H,18,19). The smallest absolute Gasteiger partial charge is 0.221 e. The predicted octanol–water partition coefficient (Wildman–Crippen LogP) is 3.44. The number of benzene rings is 1. The molecule has 1 aliphatic heterocycles. The fraction of sp³-hybridized carbons (Fsp3) is 0.562. The van der Waals surface area contributed by atoms with E-state index in [4.69, 9.17) is 0 Å². The number of hydrogen-bond donors (Lipinski definition) is 2. The van der Waals surface area contributed by atoms with Crippen LogP contribution < -0.4 is 10.6 Å². The Morgan fingerprint density at radius 1 is 1.40 bits per heavy atom. The number of carbonyl (C=O) groups is 1. The molecule has 1 heterocycles. The summed E-state index contributed by atoms with van der Waals surface area (Å²) in [5.74, 6) is 3.40. The lowest BCUT2D eigenvalue weighted by molar-refractivity contribution is -0.114. The minimum atomic E-state index is -0.0255. The maximum Gasteiger partial charge on any atom is 0.221 e. The van der Waals surface area contributed by atoms with Gasteiger partial charge in [-0.2, -0.15) is 11.8 Å². The second-order valence-corrected chi connectivity index (χ2v) is 6.72. The molecule has 20 heavy (non-hydrogen) atoms. The van der Waals surface area contributed by atoms with E-state index >= 15 is 0 Å². The molecule has 110 valence electrons. The Hall–Kier alpha value is -1.00. The van der Waals surface area contributed by atoms with Crippen LogP contribution in [0.2, 0.25) is 0 Å². The normalized spacial score (nSPS) is 17.7. The van der Waals surface area contributed by atoms with E-state index in [0.29, 0.717) is 6.04 Å². The summed E-state index contributed by atoms with van der Waals surface area (Å²) in [6.07, 6.45) is 2.66. The molecule has 1 amide bonds. The third-order valence-corrected chi connectivity index (χ3v) is 4.81. The summed E-state index contributed by atoms with van der Waals surface area (Å²) in [4.78, 5) is 11.1. The lowest BCUT2D eigenvalue weighted by Gasteiger charge is -2.24. The molecule has 0 saturated carbocycles. The summed E-state index contributed by atoms with van der Waals surface area (Å²) in [7, 11) is 0. The van der Waals surface area contributed by atoms with Crippen molar-refractivity contribution in [2.75, 3.05) is 23.4 Å². The number of amides is 1. The molecule has 1 aliphatic rings. The lowest BCUT2D eigenvalue weighted by Crippen LogP contribution is -2.28. The molecule has 0 aliphatic carbocycles. The van der Waals surface area contributed by atoms with E-state index in [-0.39, 0.29) is 5.91 Å². The van der Waals surface area contributed by atoms with Gasteiger partial charge in [0.05, 0.1) is 0 Å². The van der Waals surface area contributed by atoms with Gasteiger partial charge >= 0.3 is 0 Å². The molecule has 0 spiro atoms. The maximum absolute atomic E-state index is 11.1. The summed E-state index contributed by atoms with van der Waals surface area (Å²) in [5.41, 5.74) is 2.10. The molecule has 0 aromatic heterocycles. The highest BCUT2D eigenvalue weighted by Gasteiger charge is 2.15. The van der Waals surface area contributed by atoms with Crippen LogP contribution in [0.15, 0.2) is 24.3 Å². The Balaban J connectivity index is 1.87. The summed E-state index contributed by atoms with van der Waals surface area (Å²) in [6.45, 7) is 4.81. The third kappa shape index (κ3) is 4.84. The molecular weight excluding hydrogens is 268 g/mol. The van der Waals surface area contributed by atoms with Gasteiger partial charge in [0.25, 0.3) is 0 Å². The molecule has 4 heteroatoms. The van der Waals surface area contributed by atoms with Crippen LogP contribution in [0.3, 0.4) is 0 Å². The summed E-state index contributed by atoms with van der Waals surface area (Å²) < 4.78 is 0.